The predicted molar refractivity (Wildman–Crippen MR) is 65.8 cm³/mol. The number of likely N-dealkylation sites (N-methyl/N-ethyl adjacent to an activating group) is 1. The summed E-state index contributed by atoms with van der Waals surface area (Å²) in [5.41, 5.74) is 1.27. The van der Waals surface area contributed by atoms with Crippen molar-refractivity contribution in [1.29, 1.82) is 0 Å². The fraction of sp³-hybridized carbons (Fsp3) is 0.455. The summed E-state index contributed by atoms with van der Waals surface area (Å²) in [6, 6.07) is 8.20. The van der Waals surface area contributed by atoms with Crippen LogP contribution >= 0.6 is 15.9 Å². The molecule has 1 aromatic carbocycles. The Morgan fingerprint density at radius 3 is 2.29 bits per heavy atom. The van der Waals surface area contributed by atoms with Gasteiger partial charge in [-0.3, -0.25) is 0 Å². The summed E-state index contributed by atoms with van der Waals surface area (Å²) >= 11 is 3.41. The van der Waals surface area contributed by atoms with E-state index in [-0.39, 0.29) is 5.54 Å². The molecule has 3 heteroatoms. The van der Waals surface area contributed by atoms with Crippen LogP contribution in [0.15, 0.2) is 28.7 Å². The summed E-state index contributed by atoms with van der Waals surface area (Å²) in [6.07, 6.45) is 0. The molecule has 14 heavy (non-hydrogen) atoms. The lowest BCUT2D eigenvalue weighted by Crippen LogP contribution is -2.42. The molecule has 0 aliphatic rings. The molecule has 78 valence electrons. The normalized spacial score (nSPS) is 11.4. The molecule has 0 radical (unpaired) electrons. The van der Waals surface area contributed by atoms with Gasteiger partial charge >= 0.3 is 0 Å². The van der Waals surface area contributed by atoms with Gasteiger partial charge in [-0.05, 0) is 45.2 Å². The molecule has 0 aromatic heterocycles. The molecular formula is C11H17BrN2. The van der Waals surface area contributed by atoms with E-state index >= 15 is 0 Å². The van der Waals surface area contributed by atoms with Crippen LogP contribution in [-0.4, -0.2) is 19.1 Å². The van der Waals surface area contributed by atoms with Crippen LogP contribution in [0.5, 0.6) is 0 Å². The van der Waals surface area contributed by atoms with Crippen molar-refractivity contribution in [2.24, 2.45) is 0 Å². The van der Waals surface area contributed by atoms with Crippen molar-refractivity contribution in [3.63, 3.8) is 0 Å². The van der Waals surface area contributed by atoms with Gasteiger partial charge in [0.05, 0.1) is 0 Å². The lowest BCUT2D eigenvalue weighted by molar-refractivity contribution is 0.448. The Balaban J connectivity index is 2.50. The third kappa shape index (κ3) is 3.68. The van der Waals surface area contributed by atoms with Crippen molar-refractivity contribution in [2.75, 3.05) is 18.9 Å². The zero-order valence-electron chi connectivity index (χ0n) is 8.89. The Hall–Kier alpha value is -0.540. The molecule has 0 fully saturated rings. The predicted octanol–water partition coefficient (Wildman–Crippen LogP) is 2.86. The summed E-state index contributed by atoms with van der Waals surface area (Å²) in [6.45, 7) is 5.24. The SMILES string of the molecule is CNC(C)(C)CNc1ccc(Br)cc1. The average molecular weight is 257 g/mol. The first-order valence-electron chi connectivity index (χ1n) is 4.72. The molecule has 1 aromatic rings. The van der Waals surface area contributed by atoms with Crippen LogP contribution < -0.4 is 10.6 Å². The second-order valence-corrected chi connectivity index (χ2v) is 4.91. The number of rotatable bonds is 4. The van der Waals surface area contributed by atoms with Crippen molar-refractivity contribution in [3.8, 4) is 0 Å². The van der Waals surface area contributed by atoms with Gasteiger partial charge in [-0.15, -0.1) is 0 Å². The number of anilines is 1. The van der Waals surface area contributed by atoms with E-state index < -0.39 is 0 Å². The maximum Gasteiger partial charge on any atom is 0.0341 e. The smallest absolute Gasteiger partial charge is 0.0341 e. The molecule has 0 saturated carbocycles. The first-order chi connectivity index (χ1) is 6.53. The Labute approximate surface area is 94.2 Å². The van der Waals surface area contributed by atoms with Crippen LogP contribution in [0.3, 0.4) is 0 Å². The standard InChI is InChI=1S/C11H17BrN2/c1-11(2,13-3)8-14-10-6-4-9(12)5-7-10/h4-7,13-14H,8H2,1-3H3. The molecule has 0 unspecified atom stereocenters. The third-order valence-corrected chi connectivity index (χ3v) is 2.78. The highest BCUT2D eigenvalue weighted by atomic mass is 79.9. The Bertz CT molecular complexity index is 280. The van der Waals surface area contributed by atoms with Crippen LogP contribution in [0, 0.1) is 0 Å². The summed E-state index contributed by atoms with van der Waals surface area (Å²) in [5, 5.41) is 6.63. The monoisotopic (exact) mass is 256 g/mol. The number of benzene rings is 1. The first kappa shape index (κ1) is 11.5. The van der Waals surface area contributed by atoms with E-state index in [1.807, 2.05) is 19.2 Å². The fourth-order valence-electron chi connectivity index (χ4n) is 0.979. The molecule has 0 aliphatic heterocycles. The van der Waals surface area contributed by atoms with E-state index in [2.05, 4.69) is 52.5 Å². The Morgan fingerprint density at radius 1 is 1.21 bits per heavy atom. The second-order valence-electron chi connectivity index (χ2n) is 3.99. The minimum Gasteiger partial charge on any atom is -0.383 e. The molecule has 0 bridgehead atoms. The zero-order valence-corrected chi connectivity index (χ0v) is 10.5. The quantitative estimate of drug-likeness (QED) is 0.866. The van der Waals surface area contributed by atoms with Gasteiger partial charge in [-0.2, -0.15) is 0 Å². The van der Waals surface area contributed by atoms with Gasteiger partial charge in [0, 0.05) is 22.2 Å². The summed E-state index contributed by atoms with van der Waals surface area (Å²) in [7, 11) is 1.98. The minimum absolute atomic E-state index is 0.118. The lowest BCUT2D eigenvalue weighted by Gasteiger charge is -2.24. The van der Waals surface area contributed by atoms with E-state index in [1.165, 1.54) is 0 Å². The maximum absolute atomic E-state index is 3.41. The number of hydrogen-bond donors (Lipinski definition) is 2. The number of hydrogen-bond acceptors (Lipinski definition) is 2. The van der Waals surface area contributed by atoms with E-state index in [0.29, 0.717) is 0 Å². The minimum atomic E-state index is 0.118. The van der Waals surface area contributed by atoms with E-state index in [0.717, 1.165) is 16.7 Å². The summed E-state index contributed by atoms with van der Waals surface area (Å²) in [5.74, 6) is 0. The van der Waals surface area contributed by atoms with E-state index in [9.17, 15) is 0 Å². The van der Waals surface area contributed by atoms with Crippen molar-refractivity contribution < 1.29 is 0 Å². The topological polar surface area (TPSA) is 24.1 Å². The van der Waals surface area contributed by atoms with Gasteiger partial charge in [0.25, 0.3) is 0 Å². The molecule has 0 heterocycles. The van der Waals surface area contributed by atoms with E-state index in [4.69, 9.17) is 0 Å². The van der Waals surface area contributed by atoms with Crippen LogP contribution in [0.2, 0.25) is 0 Å². The molecule has 0 aliphatic carbocycles. The largest absolute Gasteiger partial charge is 0.383 e. The van der Waals surface area contributed by atoms with Gasteiger partial charge in [0.2, 0.25) is 0 Å². The van der Waals surface area contributed by atoms with Gasteiger partial charge in [0.15, 0.2) is 0 Å². The molecule has 0 amide bonds. The van der Waals surface area contributed by atoms with Crippen LogP contribution in [-0.2, 0) is 0 Å². The fourth-order valence-corrected chi connectivity index (χ4v) is 1.24. The molecule has 0 saturated heterocycles. The second kappa shape index (κ2) is 4.80. The van der Waals surface area contributed by atoms with E-state index in [1.54, 1.807) is 0 Å². The van der Waals surface area contributed by atoms with Crippen molar-refractivity contribution in [3.05, 3.63) is 28.7 Å². The van der Waals surface area contributed by atoms with Gasteiger partial charge in [-0.1, -0.05) is 15.9 Å². The number of halogens is 1. The highest BCUT2D eigenvalue weighted by Crippen LogP contribution is 2.14. The van der Waals surface area contributed by atoms with Crippen molar-refractivity contribution in [1.82, 2.24) is 5.32 Å². The third-order valence-electron chi connectivity index (χ3n) is 2.26. The first-order valence-corrected chi connectivity index (χ1v) is 5.51. The maximum atomic E-state index is 3.41. The van der Waals surface area contributed by atoms with Crippen molar-refractivity contribution >= 4 is 21.6 Å². The van der Waals surface area contributed by atoms with Gasteiger partial charge in [-0.25, -0.2) is 0 Å². The van der Waals surface area contributed by atoms with Crippen molar-refractivity contribution in [2.45, 2.75) is 19.4 Å². The highest BCUT2D eigenvalue weighted by molar-refractivity contribution is 9.10. The Morgan fingerprint density at radius 2 is 1.79 bits per heavy atom. The van der Waals surface area contributed by atoms with Gasteiger partial charge < -0.3 is 10.6 Å². The summed E-state index contributed by atoms with van der Waals surface area (Å²) < 4.78 is 1.11. The molecule has 1 rings (SSSR count). The van der Waals surface area contributed by atoms with Crippen LogP contribution in [0.4, 0.5) is 5.69 Å². The lowest BCUT2D eigenvalue weighted by atomic mass is 10.1. The molecule has 2 N–H and O–H groups in total. The van der Waals surface area contributed by atoms with Crippen LogP contribution in [0.1, 0.15) is 13.8 Å². The zero-order chi connectivity index (χ0) is 10.6. The van der Waals surface area contributed by atoms with Crippen LogP contribution in [0.25, 0.3) is 0 Å². The molecule has 0 atom stereocenters. The molecular weight excluding hydrogens is 240 g/mol. The summed E-state index contributed by atoms with van der Waals surface area (Å²) in [4.78, 5) is 0. The number of nitrogens with one attached hydrogen (secondary N) is 2. The molecule has 2 nitrogen and oxygen atoms in total. The molecule has 0 spiro atoms. The highest BCUT2D eigenvalue weighted by Gasteiger charge is 2.13. The Kier molecular flexibility index (Phi) is 3.96. The average Bonchev–Trinajstić information content (AvgIpc) is 2.17. The van der Waals surface area contributed by atoms with Gasteiger partial charge in [0.1, 0.15) is 0 Å².